The summed E-state index contributed by atoms with van der Waals surface area (Å²) in [6.07, 6.45) is 6.71. The van der Waals surface area contributed by atoms with E-state index in [1.807, 2.05) is 49.1 Å². The molecule has 1 saturated heterocycles. The fraction of sp³-hybridized carbons (Fsp3) is 0.486. The van der Waals surface area contributed by atoms with Crippen molar-refractivity contribution in [2.75, 3.05) is 57.0 Å². The number of carbonyl (C=O) groups excluding carboxylic acids is 2. The number of anilines is 2. The minimum atomic E-state index is -0.371. The zero-order valence-corrected chi connectivity index (χ0v) is 27.4. The Balaban J connectivity index is 1.52. The highest BCUT2D eigenvalue weighted by atomic mass is 16.5. The van der Waals surface area contributed by atoms with E-state index >= 15 is 0 Å². The Morgan fingerprint density at radius 3 is 2.42 bits per heavy atom. The first-order chi connectivity index (χ1) is 21.8. The Morgan fingerprint density at radius 1 is 1.00 bits per heavy atom. The number of hydrogen-bond donors (Lipinski definition) is 2. The summed E-state index contributed by atoms with van der Waals surface area (Å²) in [7, 11) is 1.57. The number of likely N-dealkylation sites (tertiary alicyclic amines) is 1. The van der Waals surface area contributed by atoms with Crippen LogP contribution in [-0.4, -0.2) is 78.0 Å². The molecule has 242 valence electrons. The third-order valence-electron chi connectivity index (χ3n) is 8.32. The molecule has 0 spiro atoms. The summed E-state index contributed by atoms with van der Waals surface area (Å²) in [5, 5.41) is 6.30. The van der Waals surface area contributed by atoms with Crippen LogP contribution in [0.5, 0.6) is 17.4 Å². The quantitative estimate of drug-likeness (QED) is 0.182. The maximum absolute atomic E-state index is 13.6. The topological polar surface area (TPSA) is 109 Å². The number of benzene rings is 2. The van der Waals surface area contributed by atoms with E-state index in [0.29, 0.717) is 36.8 Å². The number of unbranched alkanes of at least 4 members (excludes halogenated alkanes) is 1. The number of amides is 2. The molecule has 0 unspecified atom stereocenters. The van der Waals surface area contributed by atoms with Gasteiger partial charge in [0.15, 0.2) is 11.5 Å². The number of nitrogens with zero attached hydrogens (tertiary/aromatic N) is 4. The third-order valence-corrected chi connectivity index (χ3v) is 8.32. The number of rotatable bonds is 16. The van der Waals surface area contributed by atoms with Gasteiger partial charge in [-0.1, -0.05) is 38.1 Å². The van der Waals surface area contributed by atoms with E-state index < -0.39 is 0 Å². The number of carbonyl (C=O) groups is 2. The lowest BCUT2D eigenvalue weighted by Gasteiger charge is -2.18. The van der Waals surface area contributed by atoms with Crippen molar-refractivity contribution in [3.05, 3.63) is 64.8 Å². The predicted molar refractivity (Wildman–Crippen MR) is 179 cm³/mol. The first kappa shape index (κ1) is 33.7. The Morgan fingerprint density at radius 2 is 1.73 bits per heavy atom. The largest absolute Gasteiger partial charge is 0.493 e. The van der Waals surface area contributed by atoms with E-state index in [-0.39, 0.29) is 23.3 Å². The van der Waals surface area contributed by atoms with Crippen LogP contribution in [0.1, 0.15) is 73.0 Å². The molecule has 0 saturated carbocycles. The normalized spacial score (nSPS) is 12.8. The monoisotopic (exact) mass is 616 g/mol. The van der Waals surface area contributed by atoms with Gasteiger partial charge in [-0.25, -0.2) is 4.98 Å². The van der Waals surface area contributed by atoms with Crippen LogP contribution in [-0.2, 0) is 11.2 Å². The summed E-state index contributed by atoms with van der Waals surface area (Å²) in [6, 6.07) is 11.5. The van der Waals surface area contributed by atoms with Gasteiger partial charge in [-0.2, -0.15) is 4.98 Å². The molecule has 1 aromatic heterocycles. The maximum atomic E-state index is 13.6. The van der Waals surface area contributed by atoms with Crippen LogP contribution in [0.25, 0.3) is 0 Å². The molecule has 2 heterocycles. The maximum Gasteiger partial charge on any atom is 0.262 e. The Labute approximate surface area is 267 Å². The lowest BCUT2D eigenvalue weighted by molar-refractivity contribution is -0.130. The van der Waals surface area contributed by atoms with Crippen molar-refractivity contribution in [1.29, 1.82) is 0 Å². The summed E-state index contributed by atoms with van der Waals surface area (Å²) < 4.78 is 12.0. The molecule has 2 aromatic carbocycles. The molecule has 4 rings (SSSR count). The van der Waals surface area contributed by atoms with E-state index in [9.17, 15) is 9.59 Å². The molecule has 2 N–H and O–H groups in total. The second kappa shape index (κ2) is 16.8. The van der Waals surface area contributed by atoms with Crippen LogP contribution in [0.4, 0.5) is 11.6 Å². The number of aryl methyl sites for hydroxylation is 3. The molecule has 0 aliphatic carbocycles. The highest BCUT2D eigenvalue weighted by molar-refractivity contribution is 6.06. The molecule has 10 heteroatoms. The zero-order chi connectivity index (χ0) is 32.2. The lowest BCUT2D eigenvalue weighted by Crippen LogP contribution is -2.27. The van der Waals surface area contributed by atoms with Gasteiger partial charge in [-0.05, 0) is 94.4 Å². The van der Waals surface area contributed by atoms with Crippen molar-refractivity contribution in [1.82, 2.24) is 19.8 Å². The van der Waals surface area contributed by atoms with Gasteiger partial charge in [0.05, 0.1) is 7.11 Å². The van der Waals surface area contributed by atoms with Crippen LogP contribution in [0, 0.1) is 13.8 Å². The van der Waals surface area contributed by atoms with Crippen LogP contribution in [0.2, 0.25) is 0 Å². The molecule has 0 radical (unpaired) electrons. The van der Waals surface area contributed by atoms with Crippen LogP contribution < -0.4 is 20.1 Å². The highest BCUT2D eigenvalue weighted by Crippen LogP contribution is 2.34. The fourth-order valence-corrected chi connectivity index (χ4v) is 5.51. The van der Waals surface area contributed by atoms with Gasteiger partial charge in [0, 0.05) is 37.9 Å². The second-order valence-electron chi connectivity index (χ2n) is 11.5. The van der Waals surface area contributed by atoms with Gasteiger partial charge in [0.25, 0.3) is 5.91 Å². The van der Waals surface area contributed by atoms with Crippen molar-refractivity contribution in [2.24, 2.45) is 0 Å². The fourth-order valence-electron chi connectivity index (χ4n) is 5.51. The minimum absolute atomic E-state index is 0.120. The highest BCUT2D eigenvalue weighted by Gasteiger charge is 2.21. The van der Waals surface area contributed by atoms with Gasteiger partial charge in [0.2, 0.25) is 17.7 Å². The van der Waals surface area contributed by atoms with E-state index in [1.165, 1.54) is 6.20 Å². The Hall–Kier alpha value is -4.18. The molecule has 3 aromatic rings. The van der Waals surface area contributed by atoms with Gasteiger partial charge >= 0.3 is 0 Å². The molecule has 2 amide bonds. The summed E-state index contributed by atoms with van der Waals surface area (Å²) in [6.45, 7) is 13.8. The minimum Gasteiger partial charge on any atom is -0.493 e. The smallest absolute Gasteiger partial charge is 0.262 e. The van der Waals surface area contributed by atoms with E-state index in [0.717, 1.165) is 80.8 Å². The Kier molecular flexibility index (Phi) is 12.6. The van der Waals surface area contributed by atoms with E-state index in [1.54, 1.807) is 13.2 Å². The van der Waals surface area contributed by atoms with E-state index in [4.69, 9.17) is 9.47 Å². The average Bonchev–Trinajstić information content (AvgIpc) is 3.59. The summed E-state index contributed by atoms with van der Waals surface area (Å²) >= 11 is 0. The molecular formula is C35H48N6O4. The molecule has 45 heavy (non-hydrogen) atoms. The molecular weight excluding hydrogens is 568 g/mol. The average molecular weight is 617 g/mol. The summed E-state index contributed by atoms with van der Waals surface area (Å²) in [4.78, 5) is 39.5. The van der Waals surface area contributed by atoms with Crippen LogP contribution >= 0.6 is 0 Å². The Bertz CT molecular complexity index is 1420. The summed E-state index contributed by atoms with van der Waals surface area (Å²) in [5.74, 6) is 1.22. The third kappa shape index (κ3) is 9.41. The van der Waals surface area contributed by atoms with Crippen molar-refractivity contribution in [3.63, 3.8) is 0 Å². The van der Waals surface area contributed by atoms with Gasteiger partial charge < -0.3 is 29.9 Å². The predicted octanol–water partition coefficient (Wildman–Crippen LogP) is 6.24. The van der Waals surface area contributed by atoms with Gasteiger partial charge in [-0.3, -0.25) is 9.59 Å². The molecule has 0 atom stereocenters. The first-order valence-electron chi connectivity index (χ1n) is 16.2. The molecule has 1 fully saturated rings. The molecule has 1 aliphatic rings. The standard InChI is InChI=1S/C35H48N6O4/c1-6-40(7-2)20-9-8-19-36-35-37-24-28(33(43)38-32-25(3)13-12-14-26(32)4)34(39-35)45-29-17-15-27(23-30(29)44-5)16-18-31(42)41-21-10-11-22-41/h12-15,17,23-24H,6-11,16,18-22H2,1-5H3,(H,38,43)(H,36,37,39). The van der Waals surface area contributed by atoms with Crippen molar-refractivity contribution in [3.8, 4) is 17.4 Å². The zero-order valence-electron chi connectivity index (χ0n) is 27.4. The molecule has 0 bridgehead atoms. The second-order valence-corrected chi connectivity index (χ2v) is 11.5. The van der Waals surface area contributed by atoms with Crippen LogP contribution in [0.3, 0.4) is 0 Å². The van der Waals surface area contributed by atoms with Crippen molar-refractivity contribution in [2.45, 2.75) is 66.2 Å². The number of nitrogens with one attached hydrogen (secondary N) is 2. The molecule has 1 aliphatic heterocycles. The van der Waals surface area contributed by atoms with Crippen molar-refractivity contribution >= 4 is 23.5 Å². The number of hydrogen-bond acceptors (Lipinski definition) is 8. The van der Waals surface area contributed by atoms with Crippen LogP contribution in [0.15, 0.2) is 42.6 Å². The summed E-state index contributed by atoms with van der Waals surface area (Å²) in [5.41, 5.74) is 3.82. The molecule has 10 nitrogen and oxygen atoms in total. The number of aromatic nitrogens is 2. The number of methoxy groups -OCH3 is 1. The van der Waals surface area contributed by atoms with Crippen molar-refractivity contribution < 1.29 is 19.1 Å². The lowest BCUT2D eigenvalue weighted by atomic mass is 10.1. The van der Waals surface area contributed by atoms with Gasteiger partial charge in [0.1, 0.15) is 5.56 Å². The first-order valence-corrected chi connectivity index (χ1v) is 16.2. The SMILES string of the molecule is CCN(CC)CCCCNc1ncc(C(=O)Nc2c(C)cccc2C)c(Oc2ccc(CCC(=O)N3CCCC3)cc2OC)n1. The van der Waals surface area contributed by atoms with E-state index in [2.05, 4.69) is 39.3 Å². The number of para-hydroxylation sites is 1. The van der Waals surface area contributed by atoms with Gasteiger partial charge in [-0.15, -0.1) is 0 Å². The number of ether oxygens (including phenoxy) is 2.